The van der Waals surface area contributed by atoms with Gasteiger partial charge in [0, 0.05) is 13.1 Å². The van der Waals surface area contributed by atoms with Gasteiger partial charge in [0.2, 0.25) is 5.91 Å². The molecule has 0 aromatic heterocycles. The Balaban J connectivity index is 1.83. The lowest BCUT2D eigenvalue weighted by atomic mass is 10.0. The summed E-state index contributed by atoms with van der Waals surface area (Å²) in [7, 11) is 0. The van der Waals surface area contributed by atoms with Crippen molar-refractivity contribution >= 4 is 5.91 Å². The maximum Gasteiger partial charge on any atom is 0.246 e. The quantitative estimate of drug-likeness (QED) is 0.687. The van der Waals surface area contributed by atoms with Crippen molar-refractivity contribution in [3.63, 3.8) is 0 Å². The highest BCUT2D eigenvalue weighted by molar-refractivity contribution is 5.77. The minimum absolute atomic E-state index is 0.0154. The van der Waals surface area contributed by atoms with Crippen LogP contribution in [-0.4, -0.2) is 42.9 Å². The lowest BCUT2D eigenvalue weighted by Gasteiger charge is -2.38. The highest BCUT2D eigenvalue weighted by atomic mass is 16.5. The zero-order valence-electron chi connectivity index (χ0n) is 11.1. The summed E-state index contributed by atoms with van der Waals surface area (Å²) in [4.78, 5) is 11.8. The Morgan fingerprint density at radius 3 is 2.68 bits per heavy atom. The van der Waals surface area contributed by atoms with Gasteiger partial charge in [-0.1, -0.05) is 30.3 Å². The van der Waals surface area contributed by atoms with E-state index in [1.54, 1.807) is 0 Å². The minimum Gasteiger partial charge on any atom is -0.394 e. The molecule has 1 amide bonds. The van der Waals surface area contributed by atoms with Gasteiger partial charge in [-0.25, -0.2) is 0 Å². The molecule has 1 aliphatic heterocycles. The number of amides is 1. The molecule has 19 heavy (non-hydrogen) atoms. The average molecular weight is 264 g/mol. The molecule has 5 nitrogen and oxygen atoms in total. The lowest BCUT2D eigenvalue weighted by molar-refractivity contribution is -0.136. The molecule has 0 unspecified atom stereocenters. The number of nitrogens with one attached hydrogen (secondary N) is 2. The van der Waals surface area contributed by atoms with Crippen molar-refractivity contribution in [3.8, 4) is 0 Å². The van der Waals surface area contributed by atoms with Crippen LogP contribution in [0.4, 0.5) is 0 Å². The number of aliphatic hydroxyl groups is 1. The zero-order chi connectivity index (χ0) is 13.7. The van der Waals surface area contributed by atoms with E-state index in [2.05, 4.69) is 10.6 Å². The Morgan fingerprint density at radius 2 is 2.16 bits per heavy atom. The predicted molar refractivity (Wildman–Crippen MR) is 71.6 cm³/mol. The molecular weight excluding hydrogens is 244 g/mol. The lowest BCUT2D eigenvalue weighted by Crippen LogP contribution is -2.59. The third-order valence-corrected chi connectivity index (χ3v) is 3.27. The summed E-state index contributed by atoms with van der Waals surface area (Å²) >= 11 is 0. The van der Waals surface area contributed by atoms with Gasteiger partial charge in [-0.2, -0.15) is 0 Å². The third-order valence-electron chi connectivity index (χ3n) is 3.27. The van der Waals surface area contributed by atoms with Gasteiger partial charge in [-0.05, 0) is 12.5 Å². The minimum atomic E-state index is -0.385. The molecule has 5 heteroatoms. The van der Waals surface area contributed by atoms with Crippen molar-refractivity contribution in [2.75, 3.05) is 26.3 Å². The van der Waals surface area contributed by atoms with Crippen molar-refractivity contribution < 1.29 is 14.6 Å². The van der Waals surface area contributed by atoms with Crippen LogP contribution < -0.4 is 10.6 Å². The van der Waals surface area contributed by atoms with E-state index >= 15 is 0 Å². The van der Waals surface area contributed by atoms with Crippen molar-refractivity contribution in [2.45, 2.75) is 18.6 Å². The Labute approximate surface area is 113 Å². The summed E-state index contributed by atoms with van der Waals surface area (Å²) in [5, 5.41) is 15.2. The second-order valence-corrected chi connectivity index (χ2v) is 5.06. The number of carbonyl (C=O) groups excluding carboxylic acids is 1. The Bertz CT molecular complexity index is 418. The van der Waals surface area contributed by atoms with Crippen LogP contribution in [0.5, 0.6) is 0 Å². The number of benzene rings is 1. The fourth-order valence-corrected chi connectivity index (χ4v) is 1.97. The van der Waals surface area contributed by atoms with Crippen LogP contribution in [0.25, 0.3) is 0 Å². The molecular formula is C14H20N2O3. The van der Waals surface area contributed by atoms with E-state index in [1.165, 1.54) is 0 Å². The molecule has 1 aromatic rings. The highest BCUT2D eigenvalue weighted by Crippen LogP contribution is 2.15. The summed E-state index contributed by atoms with van der Waals surface area (Å²) < 4.78 is 5.55. The monoisotopic (exact) mass is 264 g/mol. The maximum absolute atomic E-state index is 11.8. The van der Waals surface area contributed by atoms with Gasteiger partial charge in [-0.3, -0.25) is 4.79 Å². The third kappa shape index (κ3) is 3.76. The van der Waals surface area contributed by atoms with Crippen LogP contribution >= 0.6 is 0 Å². The van der Waals surface area contributed by atoms with E-state index in [0.717, 1.165) is 18.7 Å². The van der Waals surface area contributed by atoms with Crippen LogP contribution in [0.1, 0.15) is 18.5 Å². The van der Waals surface area contributed by atoms with Crippen molar-refractivity contribution in [3.05, 3.63) is 35.9 Å². The summed E-state index contributed by atoms with van der Waals surface area (Å²) in [6.45, 7) is 3.39. The van der Waals surface area contributed by atoms with Gasteiger partial charge in [0.05, 0.1) is 18.2 Å². The normalized spacial score (nSPS) is 18.4. The summed E-state index contributed by atoms with van der Waals surface area (Å²) in [5.74, 6) is -0.212. The topological polar surface area (TPSA) is 70.6 Å². The first kappa shape index (κ1) is 14.0. The van der Waals surface area contributed by atoms with Gasteiger partial charge in [0.1, 0.15) is 6.61 Å². The molecule has 0 aliphatic carbocycles. The first-order valence-corrected chi connectivity index (χ1v) is 6.43. The maximum atomic E-state index is 11.8. The van der Waals surface area contributed by atoms with Crippen molar-refractivity contribution in [2.24, 2.45) is 0 Å². The first-order chi connectivity index (χ1) is 9.13. The number of rotatable bonds is 6. The number of hydrogen-bond donors (Lipinski definition) is 3. The largest absolute Gasteiger partial charge is 0.394 e. The molecule has 1 aliphatic rings. The molecule has 1 fully saturated rings. The molecule has 3 N–H and O–H groups in total. The molecule has 104 valence electrons. The van der Waals surface area contributed by atoms with E-state index in [-0.39, 0.29) is 30.8 Å². The van der Waals surface area contributed by atoms with Crippen LogP contribution in [0.2, 0.25) is 0 Å². The van der Waals surface area contributed by atoms with Gasteiger partial charge in [-0.15, -0.1) is 0 Å². The predicted octanol–water partition coefficient (Wildman–Crippen LogP) is 0.215. The van der Waals surface area contributed by atoms with Gasteiger partial charge in [0.25, 0.3) is 0 Å². The Kier molecular flexibility index (Phi) is 4.52. The Hall–Kier alpha value is -1.43. The van der Waals surface area contributed by atoms with Gasteiger partial charge < -0.3 is 20.5 Å². The second kappa shape index (κ2) is 6.14. The number of aliphatic hydroxyl groups excluding tert-OH is 1. The SMILES string of the molecule is CC1(OCC(=O)N[C@@H](CO)c2ccccc2)CNC1. The van der Waals surface area contributed by atoms with Crippen LogP contribution in [0.15, 0.2) is 30.3 Å². The molecule has 0 radical (unpaired) electrons. The molecule has 0 spiro atoms. The summed E-state index contributed by atoms with van der Waals surface area (Å²) in [5.41, 5.74) is 0.647. The standard InChI is InChI=1S/C14H20N2O3/c1-14(9-15-10-14)19-8-13(18)16-12(7-17)11-5-3-2-4-6-11/h2-6,12,15,17H,7-10H2,1H3,(H,16,18)/t12-/m0/s1. The van der Waals surface area contributed by atoms with E-state index in [1.807, 2.05) is 37.3 Å². The van der Waals surface area contributed by atoms with Gasteiger partial charge in [0.15, 0.2) is 0 Å². The zero-order valence-corrected chi connectivity index (χ0v) is 11.1. The molecule has 1 heterocycles. The smallest absolute Gasteiger partial charge is 0.246 e. The first-order valence-electron chi connectivity index (χ1n) is 6.43. The van der Waals surface area contributed by atoms with E-state index in [9.17, 15) is 9.90 Å². The van der Waals surface area contributed by atoms with Crippen LogP contribution in [0, 0.1) is 0 Å². The fourth-order valence-electron chi connectivity index (χ4n) is 1.97. The van der Waals surface area contributed by atoms with Crippen molar-refractivity contribution in [1.29, 1.82) is 0 Å². The number of ether oxygens (including phenoxy) is 1. The molecule has 2 rings (SSSR count). The highest BCUT2D eigenvalue weighted by Gasteiger charge is 2.33. The fraction of sp³-hybridized carbons (Fsp3) is 0.500. The van der Waals surface area contributed by atoms with E-state index in [4.69, 9.17) is 4.74 Å². The second-order valence-electron chi connectivity index (χ2n) is 5.06. The molecule has 1 saturated heterocycles. The van der Waals surface area contributed by atoms with Crippen LogP contribution in [0.3, 0.4) is 0 Å². The number of hydrogen-bond acceptors (Lipinski definition) is 4. The molecule has 0 saturated carbocycles. The Morgan fingerprint density at radius 1 is 1.47 bits per heavy atom. The molecule has 1 aromatic carbocycles. The number of carbonyl (C=O) groups is 1. The molecule has 1 atom stereocenters. The van der Waals surface area contributed by atoms with E-state index < -0.39 is 0 Å². The van der Waals surface area contributed by atoms with E-state index in [0.29, 0.717) is 0 Å². The van der Waals surface area contributed by atoms with Crippen molar-refractivity contribution in [1.82, 2.24) is 10.6 Å². The van der Waals surface area contributed by atoms with Gasteiger partial charge >= 0.3 is 0 Å². The molecule has 0 bridgehead atoms. The summed E-state index contributed by atoms with van der Waals surface area (Å²) in [6.07, 6.45) is 0. The van der Waals surface area contributed by atoms with Crippen LogP contribution in [-0.2, 0) is 9.53 Å². The average Bonchev–Trinajstić information content (AvgIpc) is 2.41. The summed E-state index contributed by atoms with van der Waals surface area (Å²) in [6, 6.07) is 9.01.